The number of carbonyl (C=O) groups is 1. The Morgan fingerprint density at radius 3 is 2.65 bits per heavy atom. The summed E-state index contributed by atoms with van der Waals surface area (Å²) in [6.07, 6.45) is 6.34. The molecule has 1 fully saturated rings. The number of amides is 1. The zero-order valence-electron chi connectivity index (χ0n) is 18.8. The highest BCUT2D eigenvalue weighted by molar-refractivity contribution is 8.19. The van der Waals surface area contributed by atoms with Crippen molar-refractivity contribution in [2.24, 2.45) is 4.40 Å². The molecule has 1 aromatic carbocycles. The maximum atomic E-state index is 13.0. The van der Waals surface area contributed by atoms with Crippen molar-refractivity contribution in [1.82, 2.24) is 4.90 Å². The van der Waals surface area contributed by atoms with Crippen molar-refractivity contribution in [2.45, 2.75) is 30.4 Å². The number of benzene rings is 1. The van der Waals surface area contributed by atoms with Gasteiger partial charge in [-0.3, -0.25) is 9.69 Å². The SMILES string of the molecule is C=CCN1C(=O)/C(=C/c2ccc(OCCCCC)c(OC)c2)S/C1=N/S(=O)(=O)c1ccc(Cl)s1. The lowest BCUT2D eigenvalue weighted by molar-refractivity contribution is -0.121. The number of thioether (sulfide) groups is 1. The van der Waals surface area contributed by atoms with Crippen LogP contribution in [0.1, 0.15) is 31.7 Å². The van der Waals surface area contributed by atoms with Crippen molar-refractivity contribution in [3.63, 3.8) is 0 Å². The van der Waals surface area contributed by atoms with Gasteiger partial charge in [0, 0.05) is 6.54 Å². The van der Waals surface area contributed by atoms with E-state index >= 15 is 0 Å². The largest absolute Gasteiger partial charge is 0.493 e. The molecule has 1 aliphatic rings. The number of hydrogen-bond donors (Lipinski definition) is 0. The number of rotatable bonds is 11. The van der Waals surface area contributed by atoms with Crippen LogP contribution in [0.25, 0.3) is 6.08 Å². The molecule has 1 amide bonds. The number of unbranched alkanes of at least 4 members (excludes halogenated alkanes) is 2. The molecule has 2 aromatic rings. The standard InChI is InChI=1S/C23H25ClN2O5S3/c1-4-6-7-13-31-17-9-8-16(14-18(17)30-3)15-19-22(27)26(12-5-2)23(32-19)25-34(28,29)21-11-10-20(24)33-21/h5,8-11,14-15H,2,4,6-7,12-13H2,1,3H3/b19-15-,25-23+. The van der Waals surface area contributed by atoms with Gasteiger partial charge in [-0.05, 0) is 54.1 Å². The Bertz CT molecular complexity index is 1220. The molecule has 1 saturated heterocycles. The van der Waals surface area contributed by atoms with Crippen LogP contribution in [0.3, 0.4) is 0 Å². The van der Waals surface area contributed by atoms with E-state index in [0.29, 0.717) is 32.9 Å². The van der Waals surface area contributed by atoms with Crippen LogP contribution in [0.4, 0.5) is 0 Å². The molecule has 1 aliphatic heterocycles. The minimum Gasteiger partial charge on any atom is -0.493 e. The summed E-state index contributed by atoms with van der Waals surface area (Å²) in [6, 6.07) is 8.26. The molecule has 0 spiro atoms. The second-order valence-corrected chi connectivity index (χ2v) is 11.7. The highest BCUT2D eigenvalue weighted by Crippen LogP contribution is 2.36. The average molecular weight is 541 g/mol. The maximum Gasteiger partial charge on any atom is 0.294 e. The van der Waals surface area contributed by atoms with Crippen LogP contribution in [-0.4, -0.2) is 44.7 Å². The molecular weight excluding hydrogens is 516 g/mol. The smallest absolute Gasteiger partial charge is 0.294 e. The summed E-state index contributed by atoms with van der Waals surface area (Å²) in [7, 11) is -2.46. The van der Waals surface area contributed by atoms with Crippen molar-refractivity contribution < 1.29 is 22.7 Å². The summed E-state index contributed by atoms with van der Waals surface area (Å²) < 4.78 is 40.9. The number of carbonyl (C=O) groups excluding carboxylic acids is 1. The van der Waals surface area contributed by atoms with Gasteiger partial charge in [0.25, 0.3) is 15.9 Å². The van der Waals surface area contributed by atoms with Crippen molar-refractivity contribution in [2.75, 3.05) is 20.3 Å². The quantitative estimate of drug-likeness (QED) is 0.203. The third-order valence-corrected chi connectivity index (χ3v) is 8.78. The van der Waals surface area contributed by atoms with E-state index in [1.165, 1.54) is 23.1 Å². The van der Waals surface area contributed by atoms with E-state index in [0.717, 1.165) is 42.4 Å². The zero-order valence-corrected chi connectivity index (χ0v) is 22.0. The molecule has 7 nitrogen and oxygen atoms in total. The van der Waals surface area contributed by atoms with Crippen LogP contribution < -0.4 is 9.47 Å². The van der Waals surface area contributed by atoms with Crippen molar-refractivity contribution in [1.29, 1.82) is 0 Å². The van der Waals surface area contributed by atoms with Gasteiger partial charge in [-0.2, -0.15) is 8.42 Å². The van der Waals surface area contributed by atoms with E-state index in [4.69, 9.17) is 21.1 Å². The molecule has 0 aliphatic carbocycles. The molecule has 0 bridgehead atoms. The van der Waals surface area contributed by atoms with Crippen LogP contribution in [0, 0.1) is 0 Å². The predicted octanol–water partition coefficient (Wildman–Crippen LogP) is 5.83. The van der Waals surface area contributed by atoms with E-state index in [1.807, 2.05) is 6.07 Å². The first kappa shape index (κ1) is 26.3. The van der Waals surface area contributed by atoms with Gasteiger partial charge in [-0.15, -0.1) is 22.3 Å². The van der Waals surface area contributed by atoms with Gasteiger partial charge < -0.3 is 9.47 Å². The summed E-state index contributed by atoms with van der Waals surface area (Å²) in [5.41, 5.74) is 0.710. The number of nitrogens with zero attached hydrogens (tertiary/aromatic N) is 2. The molecule has 0 saturated carbocycles. The number of hydrogen-bond acceptors (Lipinski definition) is 7. The van der Waals surface area contributed by atoms with Crippen molar-refractivity contribution >= 4 is 61.9 Å². The van der Waals surface area contributed by atoms with Gasteiger partial charge >= 0.3 is 0 Å². The second kappa shape index (κ2) is 11.9. The molecule has 0 atom stereocenters. The molecule has 0 radical (unpaired) electrons. The topological polar surface area (TPSA) is 85.3 Å². The van der Waals surface area contributed by atoms with Crippen LogP contribution >= 0.6 is 34.7 Å². The average Bonchev–Trinajstić information content (AvgIpc) is 3.37. The highest BCUT2D eigenvalue weighted by Gasteiger charge is 2.34. The fourth-order valence-corrected chi connectivity index (χ4v) is 6.68. The summed E-state index contributed by atoms with van der Waals surface area (Å²) in [4.78, 5) is 14.6. The van der Waals surface area contributed by atoms with Crippen molar-refractivity contribution in [3.8, 4) is 11.5 Å². The van der Waals surface area contributed by atoms with Gasteiger partial charge in [0.15, 0.2) is 16.7 Å². The number of sulfonamides is 1. The molecule has 1 aromatic heterocycles. The predicted molar refractivity (Wildman–Crippen MR) is 139 cm³/mol. The van der Waals surface area contributed by atoms with Crippen LogP contribution in [-0.2, 0) is 14.8 Å². The number of amidine groups is 1. The minimum absolute atomic E-state index is 0.00768. The Morgan fingerprint density at radius 1 is 1.21 bits per heavy atom. The van der Waals surface area contributed by atoms with Crippen molar-refractivity contribution in [3.05, 3.63) is 57.8 Å². The third-order valence-electron chi connectivity index (χ3n) is 4.69. The maximum absolute atomic E-state index is 13.0. The fraction of sp³-hybridized carbons (Fsp3) is 0.304. The van der Waals surface area contributed by atoms with Gasteiger partial charge in [-0.1, -0.05) is 43.5 Å². The zero-order chi connectivity index (χ0) is 24.7. The molecule has 11 heteroatoms. The Balaban J connectivity index is 1.87. The van der Waals surface area contributed by atoms with Gasteiger partial charge in [0.05, 0.1) is 23.0 Å². The summed E-state index contributed by atoms with van der Waals surface area (Å²) in [5.74, 6) is 0.819. The van der Waals surface area contributed by atoms with E-state index < -0.39 is 10.0 Å². The number of thiophene rings is 1. The van der Waals surface area contributed by atoms with Crippen LogP contribution in [0.2, 0.25) is 4.34 Å². The lowest BCUT2D eigenvalue weighted by atomic mass is 10.2. The van der Waals surface area contributed by atoms with Gasteiger partial charge in [0.1, 0.15) is 4.21 Å². The molecule has 3 rings (SSSR count). The molecule has 34 heavy (non-hydrogen) atoms. The van der Waals surface area contributed by atoms with Crippen LogP contribution in [0.5, 0.6) is 11.5 Å². The van der Waals surface area contributed by atoms with Crippen LogP contribution in [0.15, 0.2) is 56.5 Å². The Morgan fingerprint density at radius 2 is 2.00 bits per heavy atom. The first-order chi connectivity index (χ1) is 16.3. The van der Waals surface area contributed by atoms with E-state index in [1.54, 1.807) is 25.3 Å². The molecular formula is C23H25ClN2O5S3. The second-order valence-electron chi connectivity index (χ2n) is 7.19. The molecule has 0 unspecified atom stereocenters. The number of ether oxygens (including phenoxy) is 2. The fourth-order valence-electron chi connectivity index (χ4n) is 3.03. The first-order valence-electron chi connectivity index (χ1n) is 10.5. The van der Waals surface area contributed by atoms with E-state index in [-0.39, 0.29) is 21.8 Å². The third kappa shape index (κ3) is 6.44. The first-order valence-corrected chi connectivity index (χ1v) is 14.0. The molecule has 0 N–H and O–H groups in total. The Hall–Kier alpha value is -2.27. The lowest BCUT2D eigenvalue weighted by Gasteiger charge is -2.12. The van der Waals surface area contributed by atoms with Gasteiger partial charge in [0.2, 0.25) is 0 Å². The van der Waals surface area contributed by atoms with Gasteiger partial charge in [-0.25, -0.2) is 0 Å². The van der Waals surface area contributed by atoms with E-state index in [2.05, 4.69) is 17.9 Å². The lowest BCUT2D eigenvalue weighted by Crippen LogP contribution is -2.29. The monoisotopic (exact) mass is 540 g/mol. The summed E-state index contributed by atoms with van der Waals surface area (Å²) >= 11 is 7.76. The molecule has 182 valence electrons. The minimum atomic E-state index is -4.01. The Kier molecular flexibility index (Phi) is 9.24. The summed E-state index contributed by atoms with van der Waals surface area (Å²) in [5, 5.41) is 0.0588. The highest BCUT2D eigenvalue weighted by atomic mass is 35.5. The Labute approximate surface area is 213 Å². The molecule has 2 heterocycles. The summed E-state index contributed by atoms with van der Waals surface area (Å²) in [6.45, 7) is 6.50. The normalized spacial score (nSPS) is 16.4. The van der Waals surface area contributed by atoms with E-state index in [9.17, 15) is 13.2 Å². The number of methoxy groups -OCH3 is 1. The number of halogens is 1.